The second-order valence-corrected chi connectivity index (χ2v) is 6.24. The Kier molecular flexibility index (Phi) is 6.70. The van der Waals surface area contributed by atoms with Crippen LogP contribution in [0.1, 0.15) is 30.3 Å². The van der Waals surface area contributed by atoms with Crippen LogP contribution in [-0.2, 0) is 32.6 Å². The van der Waals surface area contributed by atoms with Crippen molar-refractivity contribution in [3.63, 3.8) is 0 Å². The molecule has 2 rings (SSSR count). The minimum absolute atomic E-state index is 0.171. The molecule has 0 aliphatic rings. The Morgan fingerprint density at radius 1 is 1.07 bits per heavy atom. The number of amides is 2. The number of carbonyl (C=O) groups excluding carboxylic acids is 3. The maximum absolute atomic E-state index is 11.9. The lowest BCUT2D eigenvalue weighted by molar-refractivity contribution is -0.147. The minimum Gasteiger partial charge on any atom is -0.456 e. The molecule has 8 heteroatoms. The largest absolute Gasteiger partial charge is 0.456 e. The second kappa shape index (κ2) is 8.98. The average molecular weight is 372 g/mol. The quantitative estimate of drug-likeness (QED) is 0.725. The summed E-state index contributed by atoms with van der Waals surface area (Å²) in [7, 11) is 1.86. The van der Waals surface area contributed by atoms with Crippen molar-refractivity contribution in [1.82, 2.24) is 9.78 Å². The molecule has 2 amide bonds. The molecule has 1 aromatic heterocycles. The number of ether oxygens (including phenoxy) is 1. The number of nitrogens with zero attached hydrogens (tertiary/aromatic N) is 2. The highest BCUT2D eigenvalue weighted by Crippen LogP contribution is 2.15. The monoisotopic (exact) mass is 372 g/mol. The normalized spacial score (nSPS) is 10.4. The van der Waals surface area contributed by atoms with Gasteiger partial charge in [-0.3, -0.25) is 19.1 Å². The van der Waals surface area contributed by atoms with Gasteiger partial charge in [-0.05, 0) is 50.1 Å². The zero-order valence-corrected chi connectivity index (χ0v) is 16.0. The first-order chi connectivity index (χ1) is 12.8. The number of hydrogen-bond acceptors (Lipinski definition) is 5. The van der Waals surface area contributed by atoms with E-state index in [0.717, 1.165) is 17.0 Å². The molecule has 8 nitrogen and oxygen atoms in total. The summed E-state index contributed by atoms with van der Waals surface area (Å²) < 4.78 is 6.80. The summed E-state index contributed by atoms with van der Waals surface area (Å²) in [5, 5.41) is 9.58. The molecule has 0 radical (unpaired) electrons. The Hall–Kier alpha value is -3.16. The van der Waals surface area contributed by atoms with E-state index in [9.17, 15) is 14.4 Å². The summed E-state index contributed by atoms with van der Waals surface area (Å²) >= 11 is 0. The molecule has 27 heavy (non-hydrogen) atoms. The van der Waals surface area contributed by atoms with Crippen LogP contribution >= 0.6 is 0 Å². The number of esters is 1. The highest BCUT2D eigenvalue weighted by molar-refractivity contribution is 5.93. The summed E-state index contributed by atoms with van der Waals surface area (Å²) in [4.78, 5) is 34.7. The average Bonchev–Trinajstić information content (AvgIpc) is 2.84. The van der Waals surface area contributed by atoms with Crippen molar-refractivity contribution in [2.75, 3.05) is 17.2 Å². The lowest BCUT2D eigenvalue weighted by Gasteiger charge is -2.08. The van der Waals surface area contributed by atoms with Crippen LogP contribution in [0.4, 0.5) is 11.4 Å². The van der Waals surface area contributed by atoms with Crippen LogP contribution in [0.5, 0.6) is 0 Å². The molecular formula is C19H24N4O4. The van der Waals surface area contributed by atoms with Gasteiger partial charge in [0, 0.05) is 37.5 Å². The van der Waals surface area contributed by atoms with E-state index >= 15 is 0 Å². The van der Waals surface area contributed by atoms with Crippen molar-refractivity contribution in [2.24, 2.45) is 7.05 Å². The Balaban J connectivity index is 1.76. The number of anilines is 2. The number of nitrogens with one attached hydrogen (secondary N) is 2. The second-order valence-electron chi connectivity index (χ2n) is 6.24. The Morgan fingerprint density at radius 2 is 1.67 bits per heavy atom. The van der Waals surface area contributed by atoms with E-state index in [1.54, 1.807) is 28.9 Å². The Bertz CT molecular complexity index is 840. The van der Waals surface area contributed by atoms with Gasteiger partial charge < -0.3 is 15.4 Å². The number of aryl methyl sites for hydroxylation is 2. The van der Waals surface area contributed by atoms with Gasteiger partial charge in [0.1, 0.15) is 0 Å². The van der Waals surface area contributed by atoms with E-state index in [1.165, 1.54) is 6.92 Å². The third-order valence-corrected chi connectivity index (χ3v) is 4.09. The van der Waals surface area contributed by atoms with Crippen LogP contribution in [-0.4, -0.2) is 34.2 Å². The first-order valence-electron chi connectivity index (χ1n) is 8.58. The lowest BCUT2D eigenvalue weighted by atomic mass is 10.1. The molecule has 0 spiro atoms. The van der Waals surface area contributed by atoms with Crippen LogP contribution in [0.15, 0.2) is 24.3 Å². The van der Waals surface area contributed by atoms with Gasteiger partial charge in [0.05, 0.1) is 5.69 Å². The fourth-order valence-corrected chi connectivity index (χ4v) is 2.66. The third-order valence-electron chi connectivity index (χ3n) is 4.09. The third kappa shape index (κ3) is 5.95. The zero-order chi connectivity index (χ0) is 20.0. The number of hydrogen-bond donors (Lipinski definition) is 2. The van der Waals surface area contributed by atoms with Gasteiger partial charge in [0.2, 0.25) is 5.91 Å². The number of rotatable bonds is 7. The van der Waals surface area contributed by atoms with Gasteiger partial charge in [0.15, 0.2) is 6.61 Å². The molecule has 0 atom stereocenters. The molecule has 0 aliphatic heterocycles. The first kappa shape index (κ1) is 20.2. The molecule has 2 aromatic rings. The number of aromatic nitrogens is 2. The van der Waals surface area contributed by atoms with E-state index < -0.39 is 11.9 Å². The highest BCUT2D eigenvalue weighted by atomic mass is 16.5. The number of carbonyl (C=O) groups is 3. The maximum Gasteiger partial charge on any atom is 0.306 e. The molecule has 0 fully saturated rings. The molecular weight excluding hydrogens is 348 g/mol. The molecule has 2 N–H and O–H groups in total. The lowest BCUT2D eigenvalue weighted by Crippen LogP contribution is -2.21. The fourth-order valence-electron chi connectivity index (χ4n) is 2.66. The first-order valence-corrected chi connectivity index (χ1v) is 8.58. The van der Waals surface area contributed by atoms with Crippen molar-refractivity contribution >= 4 is 29.2 Å². The molecule has 1 heterocycles. The summed E-state index contributed by atoms with van der Waals surface area (Å²) in [5.41, 5.74) is 4.11. The molecule has 0 bridgehead atoms. The van der Waals surface area contributed by atoms with Crippen molar-refractivity contribution in [1.29, 1.82) is 0 Å². The van der Waals surface area contributed by atoms with Crippen molar-refractivity contribution in [2.45, 2.75) is 33.6 Å². The highest BCUT2D eigenvalue weighted by Gasteiger charge is 2.13. The van der Waals surface area contributed by atoms with Crippen molar-refractivity contribution < 1.29 is 19.1 Å². The minimum atomic E-state index is -0.436. The standard InChI is InChI=1S/C19H24N4O4/c1-12-17(13(2)23(4)22-12)9-10-19(26)27-11-18(25)21-16-7-5-15(6-8-16)20-14(3)24/h5-8H,9-11H2,1-4H3,(H,20,24)(H,21,25). The van der Waals surface area contributed by atoms with Gasteiger partial charge in [-0.15, -0.1) is 0 Å². The van der Waals surface area contributed by atoms with Gasteiger partial charge in [-0.25, -0.2) is 0 Å². The van der Waals surface area contributed by atoms with Crippen molar-refractivity contribution in [3.8, 4) is 0 Å². The predicted molar refractivity (Wildman–Crippen MR) is 101 cm³/mol. The van der Waals surface area contributed by atoms with Crippen LogP contribution in [0.25, 0.3) is 0 Å². The van der Waals surface area contributed by atoms with E-state index in [1.807, 2.05) is 20.9 Å². The maximum atomic E-state index is 11.9. The van der Waals surface area contributed by atoms with E-state index in [2.05, 4.69) is 15.7 Å². The van der Waals surface area contributed by atoms with Crippen LogP contribution < -0.4 is 10.6 Å². The van der Waals surface area contributed by atoms with E-state index in [-0.39, 0.29) is 18.9 Å². The Morgan fingerprint density at radius 3 is 2.19 bits per heavy atom. The van der Waals surface area contributed by atoms with Gasteiger partial charge in [0.25, 0.3) is 5.91 Å². The Labute approximate surface area is 157 Å². The molecule has 0 saturated carbocycles. The van der Waals surface area contributed by atoms with E-state index in [0.29, 0.717) is 17.8 Å². The van der Waals surface area contributed by atoms with Crippen LogP contribution in [0.2, 0.25) is 0 Å². The van der Waals surface area contributed by atoms with Crippen LogP contribution in [0, 0.1) is 13.8 Å². The SMILES string of the molecule is CC(=O)Nc1ccc(NC(=O)COC(=O)CCc2c(C)nn(C)c2C)cc1. The topological polar surface area (TPSA) is 102 Å². The van der Waals surface area contributed by atoms with Gasteiger partial charge >= 0.3 is 5.97 Å². The molecule has 144 valence electrons. The van der Waals surface area contributed by atoms with Gasteiger partial charge in [-0.1, -0.05) is 0 Å². The van der Waals surface area contributed by atoms with Crippen LogP contribution in [0.3, 0.4) is 0 Å². The zero-order valence-electron chi connectivity index (χ0n) is 16.0. The molecule has 0 unspecified atom stereocenters. The van der Waals surface area contributed by atoms with Gasteiger partial charge in [-0.2, -0.15) is 5.10 Å². The molecule has 0 aliphatic carbocycles. The predicted octanol–water partition coefficient (Wildman–Crippen LogP) is 2.11. The summed E-state index contributed by atoms with van der Waals surface area (Å²) in [6.07, 6.45) is 0.711. The molecule has 1 aromatic carbocycles. The molecule has 0 saturated heterocycles. The van der Waals surface area contributed by atoms with E-state index in [4.69, 9.17) is 4.74 Å². The summed E-state index contributed by atoms with van der Waals surface area (Å²) in [5.74, 6) is -1.03. The summed E-state index contributed by atoms with van der Waals surface area (Å²) in [6.45, 7) is 4.92. The van der Waals surface area contributed by atoms with Crippen molar-refractivity contribution in [3.05, 3.63) is 41.2 Å². The number of benzene rings is 1. The summed E-state index contributed by atoms with van der Waals surface area (Å²) in [6, 6.07) is 6.64. The fraction of sp³-hybridized carbons (Fsp3) is 0.368. The smallest absolute Gasteiger partial charge is 0.306 e.